The van der Waals surface area contributed by atoms with Gasteiger partial charge in [0.25, 0.3) is 0 Å². The minimum atomic E-state index is 0.245. The van der Waals surface area contributed by atoms with E-state index in [4.69, 9.17) is 14.2 Å². The molecule has 3 aromatic carbocycles. The topological polar surface area (TPSA) is 39.7 Å². The summed E-state index contributed by atoms with van der Waals surface area (Å²) in [7, 11) is 0. The van der Waals surface area contributed by atoms with Crippen molar-refractivity contribution in [3.05, 3.63) is 90.0 Å². The maximum absolute atomic E-state index is 5.94. The van der Waals surface area contributed by atoms with E-state index in [1.54, 1.807) is 0 Å². The molecule has 4 rings (SSSR count). The number of benzene rings is 3. The second-order valence-electron chi connectivity index (χ2n) is 7.91. The third kappa shape index (κ3) is 7.04. The summed E-state index contributed by atoms with van der Waals surface area (Å²) in [6.07, 6.45) is 4.51. The van der Waals surface area contributed by atoms with E-state index in [2.05, 4.69) is 53.8 Å². The Morgan fingerprint density at radius 3 is 2.52 bits per heavy atom. The third-order valence-corrected chi connectivity index (χ3v) is 5.44. The lowest BCUT2D eigenvalue weighted by Crippen LogP contribution is -2.16. The minimum absolute atomic E-state index is 0.245. The van der Waals surface area contributed by atoms with Gasteiger partial charge in [-0.1, -0.05) is 48.5 Å². The molecule has 1 atom stereocenters. The highest BCUT2D eigenvalue weighted by molar-refractivity contribution is 5.48. The standard InChI is InChI=1S/C27H31NO3/c1-2-7-22(8-3-1)9-5-17-29-26-11-4-10-24(19-26)28-20-23-13-15-25(16-14-23)31-21-27-12-6-18-30-27/h1-4,7-8,10-11,13-16,19,27-28H,5-6,9,12,17-18,20-21H2. The van der Waals surface area contributed by atoms with Crippen LogP contribution in [0.25, 0.3) is 0 Å². The van der Waals surface area contributed by atoms with Gasteiger partial charge in [-0.15, -0.1) is 0 Å². The van der Waals surface area contributed by atoms with Crippen molar-refractivity contribution in [1.29, 1.82) is 0 Å². The van der Waals surface area contributed by atoms with E-state index in [1.165, 1.54) is 11.1 Å². The van der Waals surface area contributed by atoms with Gasteiger partial charge in [0, 0.05) is 24.9 Å². The van der Waals surface area contributed by atoms with Crippen molar-refractivity contribution >= 4 is 5.69 Å². The van der Waals surface area contributed by atoms with E-state index >= 15 is 0 Å². The third-order valence-electron chi connectivity index (χ3n) is 5.44. The summed E-state index contributed by atoms with van der Waals surface area (Å²) >= 11 is 0. The summed E-state index contributed by atoms with van der Waals surface area (Å²) in [6.45, 7) is 2.96. The number of hydrogen-bond donors (Lipinski definition) is 1. The van der Waals surface area contributed by atoms with Gasteiger partial charge in [0.2, 0.25) is 0 Å². The Labute approximate surface area is 185 Å². The van der Waals surface area contributed by atoms with Crippen LogP contribution in [0.15, 0.2) is 78.9 Å². The molecule has 1 fully saturated rings. The lowest BCUT2D eigenvalue weighted by molar-refractivity contribution is 0.0679. The Kier molecular flexibility index (Phi) is 7.83. The zero-order valence-electron chi connectivity index (χ0n) is 18.0. The Morgan fingerprint density at radius 2 is 1.71 bits per heavy atom. The molecule has 1 heterocycles. The molecule has 1 unspecified atom stereocenters. The molecule has 0 spiro atoms. The highest BCUT2D eigenvalue weighted by Gasteiger charge is 2.15. The molecule has 0 saturated carbocycles. The highest BCUT2D eigenvalue weighted by Crippen LogP contribution is 2.20. The van der Waals surface area contributed by atoms with Crippen LogP contribution < -0.4 is 14.8 Å². The summed E-state index contributed by atoms with van der Waals surface area (Å²) in [5, 5.41) is 3.47. The van der Waals surface area contributed by atoms with Crippen LogP contribution in [-0.2, 0) is 17.7 Å². The average molecular weight is 418 g/mol. The molecule has 0 radical (unpaired) electrons. The normalized spacial score (nSPS) is 15.5. The van der Waals surface area contributed by atoms with Crippen molar-refractivity contribution in [3.8, 4) is 11.5 Å². The van der Waals surface area contributed by atoms with Crippen LogP contribution in [0.4, 0.5) is 5.69 Å². The van der Waals surface area contributed by atoms with Crippen molar-refractivity contribution in [2.24, 2.45) is 0 Å². The molecule has 1 aliphatic rings. The van der Waals surface area contributed by atoms with Gasteiger partial charge in [0.05, 0.1) is 12.7 Å². The summed E-state index contributed by atoms with van der Waals surface area (Å²) in [5.41, 5.74) is 3.61. The van der Waals surface area contributed by atoms with E-state index in [1.807, 2.05) is 30.3 Å². The molecule has 162 valence electrons. The van der Waals surface area contributed by atoms with E-state index in [0.29, 0.717) is 13.2 Å². The molecule has 4 heteroatoms. The van der Waals surface area contributed by atoms with Crippen molar-refractivity contribution < 1.29 is 14.2 Å². The maximum atomic E-state index is 5.94. The summed E-state index contributed by atoms with van der Waals surface area (Å²) in [4.78, 5) is 0. The molecule has 4 nitrogen and oxygen atoms in total. The quantitative estimate of drug-likeness (QED) is 0.396. The first-order chi connectivity index (χ1) is 15.3. The van der Waals surface area contributed by atoms with Crippen LogP contribution in [0.5, 0.6) is 11.5 Å². The molecular formula is C27H31NO3. The van der Waals surface area contributed by atoms with Crippen LogP contribution in [0, 0.1) is 0 Å². The van der Waals surface area contributed by atoms with Crippen LogP contribution in [-0.4, -0.2) is 25.9 Å². The number of rotatable bonds is 11. The number of ether oxygens (including phenoxy) is 3. The number of aryl methyl sites for hydroxylation is 1. The van der Waals surface area contributed by atoms with Gasteiger partial charge in [0.1, 0.15) is 18.1 Å². The van der Waals surface area contributed by atoms with Crippen LogP contribution in [0.1, 0.15) is 30.4 Å². The Bertz CT molecular complexity index is 905. The van der Waals surface area contributed by atoms with Gasteiger partial charge < -0.3 is 19.5 Å². The largest absolute Gasteiger partial charge is 0.494 e. The lowest BCUT2D eigenvalue weighted by atomic mass is 10.1. The fourth-order valence-corrected chi connectivity index (χ4v) is 3.68. The molecule has 1 aliphatic heterocycles. The first-order valence-corrected chi connectivity index (χ1v) is 11.2. The molecule has 3 aromatic rings. The second-order valence-corrected chi connectivity index (χ2v) is 7.91. The predicted octanol–water partition coefficient (Wildman–Crippen LogP) is 5.87. The molecule has 1 N–H and O–H groups in total. The predicted molar refractivity (Wildman–Crippen MR) is 125 cm³/mol. The zero-order valence-corrected chi connectivity index (χ0v) is 18.0. The monoisotopic (exact) mass is 417 g/mol. The number of nitrogens with one attached hydrogen (secondary N) is 1. The molecule has 0 aliphatic carbocycles. The summed E-state index contributed by atoms with van der Waals surface area (Å²) < 4.78 is 17.4. The van der Waals surface area contributed by atoms with Gasteiger partial charge in [-0.3, -0.25) is 0 Å². The minimum Gasteiger partial charge on any atom is -0.494 e. The highest BCUT2D eigenvalue weighted by atomic mass is 16.5. The summed E-state index contributed by atoms with van der Waals surface area (Å²) in [5.74, 6) is 1.79. The summed E-state index contributed by atoms with van der Waals surface area (Å²) in [6, 6.07) is 26.9. The number of anilines is 1. The molecule has 0 aromatic heterocycles. The average Bonchev–Trinajstić information content (AvgIpc) is 3.35. The second kappa shape index (κ2) is 11.4. The smallest absolute Gasteiger partial charge is 0.121 e. The first kappa shape index (κ1) is 21.3. The molecular weight excluding hydrogens is 386 g/mol. The fourth-order valence-electron chi connectivity index (χ4n) is 3.68. The van der Waals surface area contributed by atoms with Crippen molar-refractivity contribution in [2.45, 2.75) is 38.3 Å². The van der Waals surface area contributed by atoms with Gasteiger partial charge in [-0.2, -0.15) is 0 Å². The van der Waals surface area contributed by atoms with Gasteiger partial charge >= 0.3 is 0 Å². The van der Waals surface area contributed by atoms with E-state index in [9.17, 15) is 0 Å². The first-order valence-electron chi connectivity index (χ1n) is 11.2. The Morgan fingerprint density at radius 1 is 0.839 bits per heavy atom. The lowest BCUT2D eigenvalue weighted by Gasteiger charge is -2.12. The van der Waals surface area contributed by atoms with E-state index in [-0.39, 0.29) is 6.10 Å². The molecule has 0 amide bonds. The van der Waals surface area contributed by atoms with Crippen molar-refractivity contribution in [2.75, 3.05) is 25.1 Å². The van der Waals surface area contributed by atoms with Gasteiger partial charge in [-0.25, -0.2) is 0 Å². The van der Waals surface area contributed by atoms with Gasteiger partial charge in [-0.05, 0) is 61.1 Å². The van der Waals surface area contributed by atoms with Crippen molar-refractivity contribution in [1.82, 2.24) is 0 Å². The SMILES string of the molecule is c1ccc(CCCOc2cccc(NCc3ccc(OCC4CCCO4)cc3)c2)cc1. The van der Waals surface area contributed by atoms with Crippen LogP contribution in [0.2, 0.25) is 0 Å². The van der Waals surface area contributed by atoms with Crippen molar-refractivity contribution in [3.63, 3.8) is 0 Å². The number of hydrogen-bond acceptors (Lipinski definition) is 4. The Balaban J connectivity index is 1.18. The van der Waals surface area contributed by atoms with Crippen LogP contribution in [0.3, 0.4) is 0 Å². The zero-order chi connectivity index (χ0) is 21.1. The van der Waals surface area contributed by atoms with E-state index in [0.717, 1.165) is 56.0 Å². The maximum Gasteiger partial charge on any atom is 0.121 e. The van der Waals surface area contributed by atoms with E-state index < -0.39 is 0 Å². The fraction of sp³-hybridized carbons (Fsp3) is 0.333. The molecule has 31 heavy (non-hydrogen) atoms. The van der Waals surface area contributed by atoms with Gasteiger partial charge in [0.15, 0.2) is 0 Å². The van der Waals surface area contributed by atoms with Crippen LogP contribution >= 0.6 is 0 Å². The molecule has 1 saturated heterocycles. The Hall–Kier alpha value is -2.98. The molecule has 0 bridgehead atoms.